The predicted molar refractivity (Wildman–Crippen MR) is 75.6 cm³/mol. The molecule has 0 saturated carbocycles. The van der Waals surface area contributed by atoms with Crippen LogP contribution in [0.5, 0.6) is 5.88 Å². The van der Waals surface area contributed by atoms with Gasteiger partial charge >= 0.3 is 0 Å². The first-order valence-electron chi connectivity index (χ1n) is 6.52. The van der Waals surface area contributed by atoms with Crippen LogP contribution in [-0.4, -0.2) is 18.0 Å². The molecule has 4 nitrogen and oxygen atoms in total. The maximum absolute atomic E-state index is 11.0. The minimum Gasteiger partial charge on any atom is -0.481 e. The molecule has 0 aliphatic carbocycles. The summed E-state index contributed by atoms with van der Waals surface area (Å²) >= 11 is 0. The SMILES string of the molecule is CC.CC.CCC(=O)NCc1ccc(OC)nc1. The van der Waals surface area contributed by atoms with Gasteiger partial charge in [-0.1, -0.05) is 40.7 Å². The van der Waals surface area contributed by atoms with Gasteiger partial charge in [-0.3, -0.25) is 4.79 Å². The van der Waals surface area contributed by atoms with E-state index >= 15 is 0 Å². The van der Waals surface area contributed by atoms with E-state index in [1.54, 1.807) is 19.4 Å². The van der Waals surface area contributed by atoms with Crippen molar-refractivity contribution in [2.75, 3.05) is 7.11 Å². The van der Waals surface area contributed by atoms with Crippen LogP contribution in [0.2, 0.25) is 0 Å². The molecule has 1 aromatic heterocycles. The number of aromatic nitrogens is 1. The van der Waals surface area contributed by atoms with Crippen LogP contribution in [0.4, 0.5) is 0 Å². The number of ether oxygens (including phenoxy) is 1. The lowest BCUT2D eigenvalue weighted by atomic mass is 10.3. The monoisotopic (exact) mass is 254 g/mol. The first kappa shape index (κ1) is 18.8. The second-order valence-corrected chi connectivity index (χ2v) is 2.84. The van der Waals surface area contributed by atoms with Crippen molar-refractivity contribution in [1.29, 1.82) is 0 Å². The molecule has 1 rings (SSSR count). The van der Waals surface area contributed by atoms with E-state index in [-0.39, 0.29) is 5.91 Å². The summed E-state index contributed by atoms with van der Waals surface area (Å²) in [7, 11) is 1.57. The Bertz CT molecular complexity index is 297. The second kappa shape index (κ2) is 13.5. The standard InChI is InChI=1S/C10H14N2O2.2C2H6/c1-3-9(13)11-6-8-4-5-10(14-2)12-7-8;2*1-2/h4-5,7H,3,6H2,1-2H3,(H,11,13);2*1-2H3. The molecule has 18 heavy (non-hydrogen) atoms. The molecule has 0 bridgehead atoms. The van der Waals surface area contributed by atoms with Crippen molar-refractivity contribution in [3.05, 3.63) is 23.9 Å². The van der Waals surface area contributed by atoms with E-state index in [1.165, 1.54) is 0 Å². The van der Waals surface area contributed by atoms with E-state index in [0.29, 0.717) is 18.8 Å². The molecule has 0 spiro atoms. The molecule has 0 atom stereocenters. The van der Waals surface area contributed by atoms with Gasteiger partial charge in [-0.2, -0.15) is 0 Å². The Morgan fingerprint density at radius 1 is 1.28 bits per heavy atom. The molecule has 1 amide bonds. The van der Waals surface area contributed by atoms with Gasteiger partial charge in [0.15, 0.2) is 0 Å². The summed E-state index contributed by atoms with van der Waals surface area (Å²) in [6.07, 6.45) is 2.19. The van der Waals surface area contributed by atoms with Gasteiger partial charge in [0.2, 0.25) is 11.8 Å². The molecule has 0 aromatic carbocycles. The van der Waals surface area contributed by atoms with Crippen molar-refractivity contribution in [2.24, 2.45) is 0 Å². The summed E-state index contributed by atoms with van der Waals surface area (Å²) in [6.45, 7) is 10.3. The summed E-state index contributed by atoms with van der Waals surface area (Å²) in [5, 5.41) is 2.77. The highest BCUT2D eigenvalue weighted by Crippen LogP contribution is 2.05. The van der Waals surface area contributed by atoms with Crippen molar-refractivity contribution in [1.82, 2.24) is 10.3 Å². The number of hydrogen-bond donors (Lipinski definition) is 1. The lowest BCUT2D eigenvalue weighted by molar-refractivity contribution is -0.120. The smallest absolute Gasteiger partial charge is 0.219 e. The molecule has 0 fully saturated rings. The van der Waals surface area contributed by atoms with Crippen LogP contribution in [0.15, 0.2) is 18.3 Å². The largest absolute Gasteiger partial charge is 0.481 e. The number of carbonyl (C=O) groups excluding carboxylic acids is 1. The maximum atomic E-state index is 11.0. The first-order valence-corrected chi connectivity index (χ1v) is 6.52. The summed E-state index contributed by atoms with van der Waals surface area (Å²) < 4.78 is 4.92. The zero-order valence-corrected chi connectivity index (χ0v) is 12.4. The highest BCUT2D eigenvalue weighted by atomic mass is 16.5. The van der Waals surface area contributed by atoms with Crippen LogP contribution in [0.1, 0.15) is 46.6 Å². The molecule has 1 N–H and O–H groups in total. The van der Waals surface area contributed by atoms with Gasteiger partial charge in [-0.05, 0) is 5.56 Å². The fourth-order valence-corrected chi connectivity index (χ4v) is 0.962. The molecule has 0 aliphatic rings. The summed E-state index contributed by atoms with van der Waals surface area (Å²) in [5.41, 5.74) is 0.965. The number of methoxy groups -OCH3 is 1. The molecule has 0 aliphatic heterocycles. The van der Waals surface area contributed by atoms with Crippen LogP contribution < -0.4 is 10.1 Å². The number of carbonyl (C=O) groups is 1. The lowest BCUT2D eigenvalue weighted by Crippen LogP contribution is -2.21. The van der Waals surface area contributed by atoms with E-state index < -0.39 is 0 Å². The highest BCUT2D eigenvalue weighted by Gasteiger charge is 1.98. The van der Waals surface area contributed by atoms with Crippen LogP contribution in [0, 0.1) is 0 Å². The van der Waals surface area contributed by atoms with Crippen molar-refractivity contribution in [2.45, 2.75) is 47.6 Å². The normalized spacial score (nSPS) is 8.11. The molecule has 1 heterocycles. The predicted octanol–water partition coefficient (Wildman–Crippen LogP) is 3.17. The van der Waals surface area contributed by atoms with E-state index in [9.17, 15) is 4.79 Å². The van der Waals surface area contributed by atoms with Gasteiger partial charge < -0.3 is 10.1 Å². The van der Waals surface area contributed by atoms with Crippen molar-refractivity contribution in [3.8, 4) is 5.88 Å². The third-order valence-electron chi connectivity index (χ3n) is 1.82. The molecule has 1 aromatic rings. The molecule has 4 heteroatoms. The van der Waals surface area contributed by atoms with Crippen LogP contribution in [0.3, 0.4) is 0 Å². The van der Waals surface area contributed by atoms with Crippen LogP contribution in [0.25, 0.3) is 0 Å². The van der Waals surface area contributed by atoms with E-state index in [2.05, 4.69) is 10.3 Å². The zero-order valence-electron chi connectivity index (χ0n) is 12.4. The molecular formula is C14H26N2O2. The Morgan fingerprint density at radius 3 is 2.28 bits per heavy atom. The second-order valence-electron chi connectivity index (χ2n) is 2.84. The Morgan fingerprint density at radius 2 is 1.89 bits per heavy atom. The quantitative estimate of drug-likeness (QED) is 0.898. The number of rotatable bonds is 4. The van der Waals surface area contributed by atoms with Gasteiger partial charge in [0.25, 0.3) is 0 Å². The first-order chi connectivity index (χ1) is 8.76. The molecule has 0 radical (unpaired) electrons. The van der Waals surface area contributed by atoms with Crippen molar-refractivity contribution in [3.63, 3.8) is 0 Å². The summed E-state index contributed by atoms with van der Waals surface area (Å²) in [4.78, 5) is 15.0. The van der Waals surface area contributed by atoms with Crippen LogP contribution >= 0.6 is 0 Å². The van der Waals surface area contributed by atoms with Crippen molar-refractivity contribution < 1.29 is 9.53 Å². The highest BCUT2D eigenvalue weighted by molar-refractivity contribution is 5.75. The van der Waals surface area contributed by atoms with Gasteiger partial charge in [-0.25, -0.2) is 4.98 Å². The third-order valence-corrected chi connectivity index (χ3v) is 1.82. The number of pyridine rings is 1. The molecule has 0 saturated heterocycles. The van der Waals surface area contributed by atoms with Gasteiger partial charge in [0.1, 0.15) is 0 Å². The number of hydrogen-bond acceptors (Lipinski definition) is 3. The van der Waals surface area contributed by atoms with Gasteiger partial charge in [0.05, 0.1) is 7.11 Å². The van der Waals surface area contributed by atoms with Gasteiger partial charge in [-0.15, -0.1) is 0 Å². The Balaban J connectivity index is 0. The third kappa shape index (κ3) is 8.56. The van der Waals surface area contributed by atoms with Crippen LogP contribution in [-0.2, 0) is 11.3 Å². The molecule has 0 unspecified atom stereocenters. The van der Waals surface area contributed by atoms with E-state index in [0.717, 1.165) is 5.56 Å². The topological polar surface area (TPSA) is 51.2 Å². The number of nitrogens with one attached hydrogen (secondary N) is 1. The zero-order chi connectivity index (χ0) is 14.4. The van der Waals surface area contributed by atoms with E-state index in [4.69, 9.17) is 4.74 Å². The summed E-state index contributed by atoms with van der Waals surface area (Å²) in [5.74, 6) is 0.622. The number of amides is 1. The van der Waals surface area contributed by atoms with E-state index in [1.807, 2.05) is 40.7 Å². The summed E-state index contributed by atoms with van der Waals surface area (Å²) in [6, 6.07) is 3.65. The van der Waals surface area contributed by atoms with Crippen molar-refractivity contribution >= 4 is 5.91 Å². The fourth-order valence-electron chi connectivity index (χ4n) is 0.962. The Kier molecular flexibility index (Phi) is 14.1. The Labute approximate surface area is 111 Å². The molecule has 104 valence electrons. The molecular weight excluding hydrogens is 228 g/mol. The minimum absolute atomic E-state index is 0.0424. The average molecular weight is 254 g/mol. The Hall–Kier alpha value is -1.58. The van der Waals surface area contributed by atoms with Gasteiger partial charge in [0, 0.05) is 25.2 Å². The fraction of sp³-hybridized carbons (Fsp3) is 0.571. The minimum atomic E-state index is 0.0424. The maximum Gasteiger partial charge on any atom is 0.219 e. The lowest BCUT2D eigenvalue weighted by Gasteiger charge is -2.03. The number of nitrogens with zero attached hydrogens (tertiary/aromatic N) is 1. The average Bonchev–Trinajstić information content (AvgIpc) is 2.49.